The number of ether oxygens (including phenoxy) is 1. The minimum absolute atomic E-state index is 0.0905. The van der Waals surface area contributed by atoms with Crippen molar-refractivity contribution in [3.8, 4) is 11.4 Å². The summed E-state index contributed by atoms with van der Waals surface area (Å²) in [5.41, 5.74) is 1.84. The number of nitrogens with zero attached hydrogens (tertiary/aromatic N) is 2. The molecule has 0 saturated carbocycles. The van der Waals surface area contributed by atoms with Gasteiger partial charge >= 0.3 is 0 Å². The number of benzene rings is 2. The van der Waals surface area contributed by atoms with E-state index in [0.29, 0.717) is 17.1 Å². The van der Waals surface area contributed by atoms with Crippen LogP contribution in [0.5, 0.6) is 5.75 Å². The fraction of sp³-hybridized carbons (Fsp3) is 0.105. The first-order valence-corrected chi connectivity index (χ1v) is 8.05. The van der Waals surface area contributed by atoms with Gasteiger partial charge in [0.25, 0.3) is 5.91 Å². The number of amides is 2. The largest absolute Gasteiger partial charge is 0.493 e. The number of hydrogen-bond acceptors (Lipinski definition) is 4. The van der Waals surface area contributed by atoms with Crippen molar-refractivity contribution < 1.29 is 18.7 Å². The van der Waals surface area contributed by atoms with Gasteiger partial charge in [-0.2, -0.15) is 5.10 Å². The molecule has 0 aliphatic carbocycles. The van der Waals surface area contributed by atoms with Gasteiger partial charge in [0.1, 0.15) is 5.82 Å². The summed E-state index contributed by atoms with van der Waals surface area (Å²) in [6.07, 6.45) is 1.54. The first kappa shape index (κ1) is 18.1. The molecule has 27 heavy (non-hydrogen) atoms. The first-order valence-electron chi connectivity index (χ1n) is 8.05. The minimum atomic E-state index is -0.458. The Kier molecular flexibility index (Phi) is 5.16. The molecule has 0 fully saturated rings. The van der Waals surface area contributed by atoms with Crippen molar-refractivity contribution in [2.45, 2.75) is 6.92 Å². The van der Waals surface area contributed by atoms with Crippen LogP contribution in [0.25, 0.3) is 5.69 Å². The van der Waals surface area contributed by atoms with Crippen molar-refractivity contribution in [1.82, 2.24) is 9.78 Å². The summed E-state index contributed by atoms with van der Waals surface area (Å²) < 4.78 is 19.7. The highest BCUT2D eigenvalue weighted by Gasteiger charge is 2.18. The van der Waals surface area contributed by atoms with Crippen LogP contribution in [0.15, 0.2) is 54.7 Å². The molecule has 0 spiro atoms. The van der Waals surface area contributed by atoms with Crippen molar-refractivity contribution in [3.63, 3.8) is 0 Å². The van der Waals surface area contributed by atoms with E-state index in [4.69, 9.17) is 4.74 Å². The second-order valence-electron chi connectivity index (χ2n) is 5.68. The number of halogens is 1. The number of aromatic nitrogens is 2. The van der Waals surface area contributed by atoms with Crippen molar-refractivity contribution in [1.29, 1.82) is 0 Å². The average Bonchev–Trinajstić information content (AvgIpc) is 3.08. The van der Waals surface area contributed by atoms with Crippen LogP contribution in [0.1, 0.15) is 17.4 Å². The highest BCUT2D eigenvalue weighted by molar-refractivity contribution is 6.04. The molecule has 2 aromatic carbocycles. The van der Waals surface area contributed by atoms with Crippen LogP contribution >= 0.6 is 0 Å². The maximum absolute atomic E-state index is 13.1. The predicted molar refractivity (Wildman–Crippen MR) is 98.8 cm³/mol. The van der Waals surface area contributed by atoms with Gasteiger partial charge in [-0.15, -0.1) is 0 Å². The smallest absolute Gasteiger partial charge is 0.280 e. The van der Waals surface area contributed by atoms with Crippen LogP contribution in [0, 0.1) is 5.82 Å². The van der Waals surface area contributed by atoms with E-state index < -0.39 is 5.91 Å². The van der Waals surface area contributed by atoms with Gasteiger partial charge in [-0.25, -0.2) is 9.07 Å². The Morgan fingerprint density at radius 2 is 1.59 bits per heavy atom. The zero-order valence-corrected chi connectivity index (χ0v) is 14.7. The topological polar surface area (TPSA) is 85.2 Å². The SMILES string of the molecule is COc1cn(-c2ccc(F)cc2)nc1C(=O)Nc1ccc(NC(C)=O)cc1. The summed E-state index contributed by atoms with van der Waals surface area (Å²) in [4.78, 5) is 23.6. The number of methoxy groups -OCH3 is 1. The minimum Gasteiger partial charge on any atom is -0.493 e. The number of carbonyl (C=O) groups is 2. The summed E-state index contributed by atoms with van der Waals surface area (Å²) in [7, 11) is 1.44. The molecule has 8 heteroatoms. The monoisotopic (exact) mass is 368 g/mol. The summed E-state index contributed by atoms with van der Waals surface area (Å²) in [5, 5.41) is 9.60. The lowest BCUT2D eigenvalue weighted by atomic mass is 10.2. The maximum Gasteiger partial charge on any atom is 0.280 e. The molecule has 0 aliphatic rings. The van der Waals surface area contributed by atoms with Gasteiger partial charge in [-0.05, 0) is 48.5 Å². The molecule has 1 heterocycles. The Labute approximate surface area is 154 Å². The molecule has 0 unspecified atom stereocenters. The average molecular weight is 368 g/mol. The lowest BCUT2D eigenvalue weighted by Gasteiger charge is -2.06. The number of carbonyl (C=O) groups excluding carboxylic acids is 2. The third-order valence-electron chi connectivity index (χ3n) is 3.67. The molecular weight excluding hydrogens is 351 g/mol. The predicted octanol–water partition coefficient (Wildman–Crippen LogP) is 3.23. The fourth-order valence-corrected chi connectivity index (χ4v) is 2.42. The van der Waals surface area contributed by atoms with Gasteiger partial charge in [0.05, 0.1) is 19.0 Å². The van der Waals surface area contributed by atoms with E-state index in [1.807, 2.05) is 0 Å². The molecule has 0 atom stereocenters. The molecule has 0 radical (unpaired) electrons. The van der Waals surface area contributed by atoms with Crippen molar-refractivity contribution in [2.75, 3.05) is 17.7 Å². The molecule has 138 valence electrons. The first-order chi connectivity index (χ1) is 13.0. The van der Waals surface area contributed by atoms with Crippen LogP contribution < -0.4 is 15.4 Å². The zero-order chi connectivity index (χ0) is 19.4. The number of hydrogen-bond donors (Lipinski definition) is 2. The van der Waals surface area contributed by atoms with Gasteiger partial charge < -0.3 is 15.4 Å². The third-order valence-corrected chi connectivity index (χ3v) is 3.67. The Balaban J connectivity index is 1.79. The number of anilines is 2. The van der Waals surface area contributed by atoms with Gasteiger partial charge in [0, 0.05) is 18.3 Å². The van der Waals surface area contributed by atoms with Crippen LogP contribution in [-0.4, -0.2) is 28.7 Å². The fourth-order valence-electron chi connectivity index (χ4n) is 2.42. The summed E-state index contributed by atoms with van der Waals surface area (Å²) in [6.45, 7) is 1.42. The highest BCUT2D eigenvalue weighted by atomic mass is 19.1. The molecule has 3 aromatic rings. The Bertz CT molecular complexity index is 966. The van der Waals surface area contributed by atoms with Crippen LogP contribution in [0.3, 0.4) is 0 Å². The van der Waals surface area contributed by atoms with E-state index in [9.17, 15) is 14.0 Å². The van der Waals surface area contributed by atoms with Crippen LogP contribution in [0.4, 0.5) is 15.8 Å². The Hall–Kier alpha value is -3.68. The highest BCUT2D eigenvalue weighted by Crippen LogP contribution is 2.21. The normalized spacial score (nSPS) is 10.3. The van der Waals surface area contributed by atoms with E-state index >= 15 is 0 Å². The third kappa shape index (κ3) is 4.30. The zero-order valence-electron chi connectivity index (χ0n) is 14.7. The molecule has 7 nitrogen and oxygen atoms in total. The van der Waals surface area contributed by atoms with Crippen molar-refractivity contribution in [3.05, 3.63) is 66.2 Å². The van der Waals surface area contributed by atoms with E-state index in [0.717, 1.165) is 0 Å². The summed E-state index contributed by atoms with van der Waals surface area (Å²) in [6, 6.07) is 12.4. The Morgan fingerprint density at radius 3 is 2.15 bits per heavy atom. The van der Waals surface area contributed by atoms with Crippen LogP contribution in [-0.2, 0) is 4.79 Å². The van der Waals surface area contributed by atoms with Crippen LogP contribution in [0.2, 0.25) is 0 Å². The number of nitrogens with one attached hydrogen (secondary N) is 2. The van der Waals surface area contributed by atoms with Crippen molar-refractivity contribution in [2.24, 2.45) is 0 Å². The van der Waals surface area contributed by atoms with Crippen molar-refractivity contribution >= 4 is 23.2 Å². The number of rotatable bonds is 5. The van der Waals surface area contributed by atoms with Gasteiger partial charge in [0.15, 0.2) is 11.4 Å². The van der Waals surface area contributed by atoms with Gasteiger partial charge in [0.2, 0.25) is 5.91 Å². The standard InChI is InChI=1S/C19H17FN4O3/c1-12(25)21-14-5-7-15(8-6-14)22-19(26)18-17(27-2)11-24(23-18)16-9-3-13(20)4-10-16/h3-11H,1-2H3,(H,21,25)(H,22,26). The van der Waals surface area contributed by atoms with E-state index in [1.165, 1.54) is 30.8 Å². The summed E-state index contributed by atoms with van der Waals surface area (Å²) in [5.74, 6) is -0.715. The van der Waals surface area contributed by atoms with Gasteiger partial charge in [-0.1, -0.05) is 0 Å². The molecule has 0 aliphatic heterocycles. The lowest BCUT2D eigenvalue weighted by Crippen LogP contribution is -2.14. The second-order valence-corrected chi connectivity index (χ2v) is 5.68. The molecule has 0 saturated heterocycles. The molecule has 0 bridgehead atoms. The molecule has 1 aromatic heterocycles. The summed E-state index contributed by atoms with van der Waals surface area (Å²) >= 11 is 0. The quantitative estimate of drug-likeness (QED) is 0.724. The lowest BCUT2D eigenvalue weighted by molar-refractivity contribution is -0.114. The molecule has 3 rings (SSSR count). The van der Waals surface area contributed by atoms with Gasteiger partial charge in [-0.3, -0.25) is 9.59 Å². The second kappa shape index (κ2) is 7.69. The van der Waals surface area contributed by atoms with E-state index in [2.05, 4.69) is 15.7 Å². The Morgan fingerprint density at radius 1 is 1.00 bits per heavy atom. The molecule has 2 amide bonds. The molecule has 2 N–H and O–H groups in total. The van der Waals surface area contributed by atoms with E-state index in [-0.39, 0.29) is 23.2 Å². The van der Waals surface area contributed by atoms with E-state index in [1.54, 1.807) is 42.6 Å². The molecular formula is C19H17FN4O3. The maximum atomic E-state index is 13.1.